The molecule has 0 spiro atoms. The molecule has 67 heavy (non-hydrogen) atoms. The minimum absolute atomic E-state index is 0.0213. The van der Waals surface area contributed by atoms with Gasteiger partial charge in [0.05, 0.1) is 33.8 Å². The Labute approximate surface area is 415 Å². The van der Waals surface area contributed by atoms with Crippen molar-refractivity contribution < 1.29 is 37.3 Å². The van der Waals surface area contributed by atoms with E-state index in [2.05, 4.69) is 50.4 Å². The Morgan fingerprint density at radius 2 is 0.910 bits per heavy atom. The van der Waals surface area contributed by atoms with Crippen LogP contribution in [0.4, 0.5) is 0 Å². The lowest BCUT2D eigenvalue weighted by molar-refractivity contribution is -0.870. The van der Waals surface area contributed by atoms with Gasteiger partial charge in [0.25, 0.3) is 7.82 Å². The molecule has 0 aliphatic rings. The zero-order valence-electron chi connectivity index (χ0n) is 44.9. The molecule has 394 valence electrons. The van der Waals surface area contributed by atoms with E-state index in [-0.39, 0.29) is 31.5 Å². The normalized spacial score (nSPS) is 14.1. The summed E-state index contributed by atoms with van der Waals surface area (Å²) in [6, 6.07) is -0.884. The van der Waals surface area contributed by atoms with E-state index >= 15 is 0 Å². The molecule has 1 N–H and O–H groups in total. The third-order valence-electron chi connectivity index (χ3n) is 12.6. The average molecular weight is 965 g/mol. The van der Waals surface area contributed by atoms with Crippen molar-refractivity contribution in [2.45, 2.75) is 277 Å². The largest absolute Gasteiger partial charge is 0.756 e. The number of rotatable bonds is 51. The quantitative estimate of drug-likeness (QED) is 0.0212. The summed E-state index contributed by atoms with van der Waals surface area (Å²) >= 11 is 0. The number of quaternary nitrogens is 1. The van der Waals surface area contributed by atoms with Crippen molar-refractivity contribution in [3.8, 4) is 0 Å². The molecule has 1 amide bonds. The molecule has 10 heteroatoms. The van der Waals surface area contributed by atoms with E-state index in [1.54, 1.807) is 0 Å². The zero-order chi connectivity index (χ0) is 49.4. The molecule has 0 bridgehead atoms. The van der Waals surface area contributed by atoms with E-state index in [1.165, 1.54) is 154 Å². The SMILES string of the molecule is CCCCC/C=C\C/C=C\CCCCCCCCCCCC(=O)NC(COP(=O)([O-])OCC[N+](C)(C)C)C(/C=C\CCCCCCCCCCC)OC(=O)CCCCCCCCCCCCC. The Hall–Kier alpha value is -1.77. The van der Waals surface area contributed by atoms with Crippen LogP contribution in [-0.4, -0.2) is 69.4 Å². The monoisotopic (exact) mass is 965 g/mol. The van der Waals surface area contributed by atoms with Crippen molar-refractivity contribution in [3.05, 3.63) is 36.5 Å². The molecule has 0 aliphatic carbocycles. The fraction of sp³-hybridized carbons (Fsp3) is 0.860. The Kier molecular flexibility index (Phi) is 46.6. The maximum Gasteiger partial charge on any atom is 0.306 e. The fourth-order valence-corrected chi connectivity index (χ4v) is 8.86. The minimum atomic E-state index is -4.69. The van der Waals surface area contributed by atoms with Crippen LogP contribution in [0.3, 0.4) is 0 Å². The van der Waals surface area contributed by atoms with Gasteiger partial charge in [-0.25, -0.2) is 0 Å². The van der Waals surface area contributed by atoms with Gasteiger partial charge < -0.3 is 28.5 Å². The highest BCUT2D eigenvalue weighted by atomic mass is 31.2. The van der Waals surface area contributed by atoms with Gasteiger partial charge in [0, 0.05) is 12.8 Å². The summed E-state index contributed by atoms with van der Waals surface area (Å²) in [5, 5.41) is 3.02. The number of esters is 1. The van der Waals surface area contributed by atoms with Gasteiger partial charge in [-0.15, -0.1) is 0 Å². The number of hydrogen-bond donors (Lipinski definition) is 1. The topological polar surface area (TPSA) is 114 Å². The number of carbonyl (C=O) groups excluding carboxylic acids is 2. The molecule has 0 heterocycles. The number of hydrogen-bond acceptors (Lipinski definition) is 7. The lowest BCUT2D eigenvalue weighted by atomic mass is 10.0. The number of allylic oxidation sites excluding steroid dienone is 5. The standard InChI is InChI=1S/C57H109N2O7P/c1-7-10-13-16-19-22-25-26-27-28-29-30-31-32-35-37-40-43-46-49-56(60)58-54(53-65-67(62,63)64-52-51-59(4,5)6)55(48-45-42-39-36-33-23-20-17-14-11-8-2)66-57(61)50-47-44-41-38-34-24-21-18-15-12-9-3/h19,22,26-27,45,48,54-55H,7-18,20-21,23-25,28-44,46-47,49-53H2,1-6H3,(H-,58,60,62,63)/b22-19-,27-26-,48-45-. The zero-order valence-corrected chi connectivity index (χ0v) is 45.8. The predicted octanol–water partition coefficient (Wildman–Crippen LogP) is 16.1. The maximum atomic E-state index is 13.5. The van der Waals surface area contributed by atoms with Gasteiger partial charge in [0.15, 0.2) is 0 Å². The van der Waals surface area contributed by atoms with Crippen LogP contribution >= 0.6 is 7.82 Å². The van der Waals surface area contributed by atoms with E-state index in [1.807, 2.05) is 33.3 Å². The number of nitrogens with one attached hydrogen (secondary N) is 1. The van der Waals surface area contributed by atoms with Gasteiger partial charge in [0.1, 0.15) is 19.3 Å². The first kappa shape index (κ1) is 65.2. The fourth-order valence-electron chi connectivity index (χ4n) is 8.14. The Balaban J connectivity index is 5.25. The van der Waals surface area contributed by atoms with Crippen LogP contribution in [0.15, 0.2) is 36.5 Å². The van der Waals surface area contributed by atoms with Crippen LogP contribution in [0, 0.1) is 0 Å². The molecule has 0 aromatic heterocycles. The van der Waals surface area contributed by atoms with Crippen molar-refractivity contribution in [2.24, 2.45) is 0 Å². The van der Waals surface area contributed by atoms with Crippen LogP contribution in [0.25, 0.3) is 0 Å². The van der Waals surface area contributed by atoms with E-state index in [4.69, 9.17) is 13.8 Å². The molecular weight excluding hydrogens is 856 g/mol. The summed E-state index contributed by atoms with van der Waals surface area (Å²) in [5.41, 5.74) is 0. The maximum absolute atomic E-state index is 13.5. The molecular formula is C57H109N2O7P. The summed E-state index contributed by atoms with van der Waals surface area (Å²) < 4.78 is 30.2. The molecule has 0 radical (unpaired) electrons. The van der Waals surface area contributed by atoms with E-state index < -0.39 is 20.0 Å². The number of ether oxygens (including phenoxy) is 1. The van der Waals surface area contributed by atoms with Crippen LogP contribution in [-0.2, 0) is 27.9 Å². The second kappa shape index (κ2) is 47.9. The first-order chi connectivity index (χ1) is 32.4. The third-order valence-corrected chi connectivity index (χ3v) is 13.5. The Bertz CT molecular complexity index is 1250. The van der Waals surface area contributed by atoms with E-state index in [9.17, 15) is 19.0 Å². The van der Waals surface area contributed by atoms with Crippen molar-refractivity contribution in [3.63, 3.8) is 0 Å². The van der Waals surface area contributed by atoms with Crippen LogP contribution in [0.5, 0.6) is 0 Å². The van der Waals surface area contributed by atoms with Gasteiger partial charge in [-0.2, -0.15) is 0 Å². The summed E-state index contributed by atoms with van der Waals surface area (Å²) in [6.45, 7) is 6.81. The minimum Gasteiger partial charge on any atom is -0.756 e. The molecule has 0 fully saturated rings. The smallest absolute Gasteiger partial charge is 0.306 e. The Morgan fingerprint density at radius 1 is 0.522 bits per heavy atom. The molecule has 0 aromatic rings. The van der Waals surface area contributed by atoms with Crippen molar-refractivity contribution in [1.29, 1.82) is 0 Å². The second-order valence-corrected chi connectivity index (χ2v) is 21.9. The van der Waals surface area contributed by atoms with Crippen LogP contribution < -0.4 is 10.2 Å². The predicted molar refractivity (Wildman–Crippen MR) is 284 cm³/mol. The first-order valence-corrected chi connectivity index (χ1v) is 29.8. The van der Waals surface area contributed by atoms with Gasteiger partial charge in [0.2, 0.25) is 5.91 Å². The Morgan fingerprint density at radius 3 is 1.37 bits per heavy atom. The molecule has 0 saturated carbocycles. The number of amides is 1. The molecule has 0 rings (SSSR count). The molecule has 0 aliphatic heterocycles. The summed E-state index contributed by atoms with van der Waals surface area (Å²) in [5.74, 6) is -0.540. The second-order valence-electron chi connectivity index (χ2n) is 20.4. The number of phosphoric acid groups is 1. The molecule has 9 nitrogen and oxygen atoms in total. The molecule has 0 aromatic carbocycles. The van der Waals surface area contributed by atoms with Crippen molar-refractivity contribution >= 4 is 19.7 Å². The van der Waals surface area contributed by atoms with Gasteiger partial charge in [-0.1, -0.05) is 225 Å². The highest BCUT2D eigenvalue weighted by Crippen LogP contribution is 2.38. The van der Waals surface area contributed by atoms with Gasteiger partial charge >= 0.3 is 5.97 Å². The number of nitrogens with zero attached hydrogens (tertiary/aromatic N) is 1. The highest BCUT2D eigenvalue weighted by molar-refractivity contribution is 7.45. The van der Waals surface area contributed by atoms with Crippen LogP contribution in [0.2, 0.25) is 0 Å². The number of phosphoric ester groups is 1. The number of unbranched alkanes of at least 4 members (excludes halogenated alkanes) is 31. The summed E-state index contributed by atoms with van der Waals surface area (Å²) in [6.07, 6.45) is 55.3. The van der Waals surface area contributed by atoms with Gasteiger partial charge in [-0.3, -0.25) is 14.2 Å². The van der Waals surface area contributed by atoms with Crippen molar-refractivity contribution in [2.75, 3.05) is 40.9 Å². The summed E-state index contributed by atoms with van der Waals surface area (Å²) in [7, 11) is 1.19. The average Bonchev–Trinajstić information content (AvgIpc) is 3.28. The van der Waals surface area contributed by atoms with Crippen LogP contribution in [0.1, 0.15) is 265 Å². The van der Waals surface area contributed by atoms with E-state index in [0.29, 0.717) is 17.4 Å². The molecule has 3 atom stereocenters. The highest BCUT2D eigenvalue weighted by Gasteiger charge is 2.27. The first-order valence-electron chi connectivity index (χ1n) is 28.3. The third kappa shape index (κ3) is 49.0. The molecule has 3 unspecified atom stereocenters. The lowest BCUT2D eigenvalue weighted by Gasteiger charge is -2.30. The molecule has 0 saturated heterocycles. The number of likely N-dealkylation sites (N-methyl/N-ethyl adjacent to an activating group) is 1. The van der Waals surface area contributed by atoms with Gasteiger partial charge in [-0.05, 0) is 63.9 Å². The summed E-state index contributed by atoms with van der Waals surface area (Å²) in [4.78, 5) is 39.7. The number of carbonyl (C=O) groups is 2. The lowest BCUT2D eigenvalue weighted by Crippen LogP contribution is -2.47. The van der Waals surface area contributed by atoms with Crippen molar-refractivity contribution in [1.82, 2.24) is 5.32 Å². The van der Waals surface area contributed by atoms with E-state index in [0.717, 1.165) is 77.0 Å².